The second-order valence-corrected chi connectivity index (χ2v) is 5.27. The van der Waals surface area contributed by atoms with Crippen molar-refractivity contribution in [3.8, 4) is 0 Å². The summed E-state index contributed by atoms with van der Waals surface area (Å²) in [5.74, 6) is 0. The molecule has 1 saturated heterocycles. The van der Waals surface area contributed by atoms with Crippen molar-refractivity contribution in [2.45, 2.75) is 5.53 Å². The second kappa shape index (κ2) is 0.943. The largest absolute Gasteiger partial charge is 0.359 e. The molecule has 0 bridgehead atoms. The third-order valence-corrected chi connectivity index (χ3v) is 3.50. The number of rotatable bonds is 0. The summed E-state index contributed by atoms with van der Waals surface area (Å²) in [7, 11) is -2.48. The van der Waals surface area contributed by atoms with Crippen molar-refractivity contribution in [1.82, 2.24) is 0 Å². The Bertz CT molecular complexity index is 139. The van der Waals surface area contributed by atoms with Gasteiger partial charge in [0.05, 0.1) is 6.16 Å². The minimum Gasteiger partial charge on any atom is -0.359 e. The van der Waals surface area contributed by atoms with E-state index in [1.54, 1.807) is 0 Å². The molecule has 4 heteroatoms. The first-order valence-corrected chi connectivity index (χ1v) is 4.31. The van der Waals surface area contributed by atoms with Crippen LogP contribution in [0.5, 0.6) is 0 Å². The van der Waals surface area contributed by atoms with Gasteiger partial charge in [-0.05, 0) is 6.66 Å². The maximum Gasteiger partial charge on any atom is 0.224 e. The predicted octanol–water partition coefficient (Wildman–Crippen LogP) is -0.369. The van der Waals surface area contributed by atoms with Gasteiger partial charge in [-0.25, -0.2) is 0 Å². The van der Waals surface area contributed by atoms with E-state index < -0.39 is 12.7 Å². The van der Waals surface area contributed by atoms with Gasteiger partial charge in [-0.1, -0.05) is 0 Å². The van der Waals surface area contributed by atoms with Gasteiger partial charge < -0.3 is 14.8 Å². The average Bonchev–Trinajstić information content (AvgIpc) is 1.63. The SMILES string of the molecule is CP1(=O)CC1(O)O. The Morgan fingerprint density at radius 3 is 1.86 bits per heavy atom. The second-order valence-electron chi connectivity index (χ2n) is 2.03. The lowest BCUT2D eigenvalue weighted by molar-refractivity contribution is -0.0328. The maximum atomic E-state index is 10.5. The molecule has 0 spiro atoms. The summed E-state index contributed by atoms with van der Waals surface area (Å²) >= 11 is 0. The van der Waals surface area contributed by atoms with Crippen molar-refractivity contribution in [2.24, 2.45) is 0 Å². The monoisotopic (exact) mass is 122 g/mol. The van der Waals surface area contributed by atoms with Crippen LogP contribution in [0, 0.1) is 0 Å². The van der Waals surface area contributed by atoms with Gasteiger partial charge >= 0.3 is 0 Å². The van der Waals surface area contributed by atoms with Gasteiger partial charge in [0.15, 0.2) is 0 Å². The van der Waals surface area contributed by atoms with E-state index in [1.807, 2.05) is 0 Å². The van der Waals surface area contributed by atoms with E-state index in [2.05, 4.69) is 0 Å². The van der Waals surface area contributed by atoms with Gasteiger partial charge in [0.25, 0.3) is 0 Å². The Morgan fingerprint density at radius 1 is 1.71 bits per heavy atom. The van der Waals surface area contributed by atoms with Crippen LogP contribution in [0.25, 0.3) is 0 Å². The van der Waals surface area contributed by atoms with Crippen LogP contribution in [0.15, 0.2) is 0 Å². The normalized spacial score (nSPS) is 46.1. The lowest BCUT2D eigenvalue weighted by Crippen LogP contribution is -2.03. The first kappa shape index (κ1) is 5.29. The van der Waals surface area contributed by atoms with Crippen LogP contribution in [-0.4, -0.2) is 28.6 Å². The standard InChI is InChI=1S/C3H7O3P/c1-7(6)2-3(7,4)5/h4-5H,2H2,1H3. The molecule has 0 saturated carbocycles. The summed E-state index contributed by atoms with van der Waals surface area (Å²) in [5, 5.41) is 16.9. The molecule has 1 rings (SSSR count). The van der Waals surface area contributed by atoms with Crippen LogP contribution in [0.1, 0.15) is 0 Å². The zero-order valence-corrected chi connectivity index (χ0v) is 4.85. The Labute approximate surface area is 41.3 Å². The molecule has 0 aliphatic carbocycles. The van der Waals surface area contributed by atoms with E-state index in [0.29, 0.717) is 0 Å². The van der Waals surface area contributed by atoms with Crippen molar-refractivity contribution in [1.29, 1.82) is 0 Å². The van der Waals surface area contributed by atoms with E-state index in [1.165, 1.54) is 6.66 Å². The first-order chi connectivity index (χ1) is 2.96. The summed E-state index contributed by atoms with van der Waals surface area (Å²) in [6, 6.07) is 0. The topological polar surface area (TPSA) is 57.5 Å². The van der Waals surface area contributed by atoms with E-state index in [-0.39, 0.29) is 6.16 Å². The quantitative estimate of drug-likeness (QED) is 0.340. The van der Waals surface area contributed by atoms with Crippen molar-refractivity contribution in [3.63, 3.8) is 0 Å². The molecule has 0 aromatic rings. The number of hydrogen-bond acceptors (Lipinski definition) is 3. The highest BCUT2D eigenvalue weighted by Gasteiger charge is 2.60. The fraction of sp³-hybridized carbons (Fsp3) is 1.00. The Hall–Kier alpha value is 0.150. The van der Waals surface area contributed by atoms with E-state index in [4.69, 9.17) is 10.2 Å². The summed E-state index contributed by atoms with van der Waals surface area (Å²) in [5.41, 5.74) is -1.80. The molecule has 0 aromatic carbocycles. The van der Waals surface area contributed by atoms with Gasteiger partial charge in [0, 0.05) is 0 Å². The van der Waals surface area contributed by atoms with E-state index in [0.717, 1.165) is 0 Å². The van der Waals surface area contributed by atoms with Gasteiger partial charge in [-0.3, -0.25) is 0 Å². The zero-order chi connectivity index (χ0) is 5.71. The van der Waals surface area contributed by atoms with Crippen LogP contribution < -0.4 is 0 Å². The maximum absolute atomic E-state index is 10.5. The summed E-state index contributed by atoms with van der Waals surface area (Å²) in [6.45, 7) is 1.38. The molecule has 1 unspecified atom stereocenters. The lowest BCUT2D eigenvalue weighted by Gasteiger charge is -1.91. The predicted molar refractivity (Wildman–Crippen MR) is 25.6 cm³/mol. The Kier molecular flexibility index (Phi) is 0.713. The molecule has 42 valence electrons. The minimum absolute atomic E-state index is 0.0694. The summed E-state index contributed by atoms with van der Waals surface area (Å²) < 4.78 is 10.5. The smallest absolute Gasteiger partial charge is 0.224 e. The molecular weight excluding hydrogens is 115 g/mol. The molecule has 7 heavy (non-hydrogen) atoms. The molecule has 0 radical (unpaired) electrons. The minimum atomic E-state index is -2.48. The fourth-order valence-electron chi connectivity index (χ4n) is 0.369. The summed E-state index contributed by atoms with van der Waals surface area (Å²) in [6.07, 6.45) is 0.0694. The third kappa shape index (κ3) is 0.613. The number of aliphatic hydroxyl groups is 2. The zero-order valence-electron chi connectivity index (χ0n) is 3.96. The van der Waals surface area contributed by atoms with Crippen molar-refractivity contribution in [2.75, 3.05) is 12.8 Å². The fourth-order valence-corrected chi connectivity index (χ4v) is 1.71. The molecule has 1 aliphatic rings. The van der Waals surface area contributed by atoms with E-state index >= 15 is 0 Å². The van der Waals surface area contributed by atoms with E-state index in [9.17, 15) is 4.57 Å². The van der Waals surface area contributed by atoms with Crippen molar-refractivity contribution >= 4 is 7.14 Å². The van der Waals surface area contributed by atoms with Crippen molar-refractivity contribution in [3.05, 3.63) is 0 Å². The lowest BCUT2D eigenvalue weighted by atomic mass is 10.8. The van der Waals surface area contributed by atoms with Crippen LogP contribution in [0.4, 0.5) is 0 Å². The molecule has 1 fully saturated rings. The molecule has 1 aliphatic heterocycles. The van der Waals surface area contributed by atoms with Gasteiger partial charge in [0.1, 0.15) is 7.14 Å². The van der Waals surface area contributed by atoms with Crippen molar-refractivity contribution < 1.29 is 14.8 Å². The summed E-state index contributed by atoms with van der Waals surface area (Å²) in [4.78, 5) is 0. The molecule has 1 heterocycles. The highest BCUT2D eigenvalue weighted by molar-refractivity contribution is 7.72. The first-order valence-electron chi connectivity index (χ1n) is 1.97. The molecule has 0 amide bonds. The molecule has 3 nitrogen and oxygen atoms in total. The Balaban J connectivity index is 2.78. The molecule has 2 N–H and O–H groups in total. The van der Waals surface area contributed by atoms with Crippen LogP contribution in [0.2, 0.25) is 0 Å². The highest BCUT2D eigenvalue weighted by atomic mass is 31.2. The molecular formula is C3H7O3P. The molecule has 0 aromatic heterocycles. The molecule has 1 atom stereocenters. The number of hydrogen-bond donors (Lipinski definition) is 2. The Morgan fingerprint density at radius 2 is 1.86 bits per heavy atom. The van der Waals surface area contributed by atoms with Gasteiger partial charge in [-0.2, -0.15) is 0 Å². The van der Waals surface area contributed by atoms with Crippen LogP contribution in [-0.2, 0) is 4.57 Å². The van der Waals surface area contributed by atoms with Crippen LogP contribution in [0.3, 0.4) is 0 Å². The van der Waals surface area contributed by atoms with Gasteiger partial charge in [0.2, 0.25) is 5.53 Å². The van der Waals surface area contributed by atoms with Crippen LogP contribution >= 0.6 is 7.14 Å². The third-order valence-electron chi connectivity index (χ3n) is 1.17. The highest BCUT2D eigenvalue weighted by Crippen LogP contribution is 2.69. The average molecular weight is 122 g/mol. The van der Waals surface area contributed by atoms with Gasteiger partial charge in [-0.15, -0.1) is 0 Å².